The molecule has 4 nitrogen and oxygen atoms in total. The lowest BCUT2D eigenvalue weighted by molar-refractivity contribution is -0.133. The number of hydrogen-bond donors (Lipinski definition) is 0. The zero-order chi connectivity index (χ0) is 16.1. The molecule has 0 aliphatic carbocycles. The lowest BCUT2D eigenvalue weighted by atomic mass is 9.90. The summed E-state index contributed by atoms with van der Waals surface area (Å²) in [5.41, 5.74) is 5.23. The minimum Gasteiger partial charge on any atom is -0.465 e. The molecule has 0 N–H and O–H groups in total. The molecular formula is C19H16N2O2. The van der Waals surface area contributed by atoms with Gasteiger partial charge in [0.1, 0.15) is 0 Å². The van der Waals surface area contributed by atoms with Gasteiger partial charge in [0.15, 0.2) is 0 Å². The second kappa shape index (κ2) is 4.81. The number of nitrogens with zero attached hydrogens (tertiary/aromatic N) is 2. The zero-order valence-electron chi connectivity index (χ0n) is 13.3. The van der Waals surface area contributed by atoms with Crippen LogP contribution in [0.15, 0.2) is 48.2 Å². The molecular weight excluding hydrogens is 288 g/mol. The Labute approximate surface area is 134 Å². The molecule has 4 heteroatoms. The van der Waals surface area contributed by atoms with Crippen molar-refractivity contribution in [3.63, 3.8) is 0 Å². The highest BCUT2D eigenvalue weighted by molar-refractivity contribution is 6.28. The van der Waals surface area contributed by atoms with E-state index < -0.39 is 0 Å². The average molecular weight is 304 g/mol. The molecule has 0 saturated heterocycles. The summed E-state index contributed by atoms with van der Waals surface area (Å²) >= 11 is 0. The number of pyridine rings is 1. The van der Waals surface area contributed by atoms with Gasteiger partial charge in [-0.1, -0.05) is 24.3 Å². The van der Waals surface area contributed by atoms with Crippen LogP contribution in [0.3, 0.4) is 0 Å². The standard InChI is InChI=1S/C19H16N2O2/c1-11-16(19(22)23-3)17-12-7-4-5-8-13(12)20-14-9-6-10-15(18(14)17)21(11)2/h4-10H,1-3H3. The molecule has 0 atom stereocenters. The molecule has 0 bridgehead atoms. The highest BCUT2D eigenvalue weighted by Crippen LogP contribution is 2.43. The summed E-state index contributed by atoms with van der Waals surface area (Å²) in [4.78, 5) is 19.3. The predicted octanol–water partition coefficient (Wildman–Crippen LogP) is 3.74. The van der Waals surface area contributed by atoms with Crippen LogP contribution in [0.4, 0.5) is 5.69 Å². The maximum Gasteiger partial charge on any atom is 0.340 e. The number of hydrogen-bond acceptors (Lipinski definition) is 4. The number of rotatable bonds is 1. The monoisotopic (exact) mass is 304 g/mol. The highest BCUT2D eigenvalue weighted by Gasteiger charge is 2.29. The lowest BCUT2D eigenvalue weighted by Gasteiger charge is -2.30. The van der Waals surface area contributed by atoms with Crippen LogP contribution >= 0.6 is 0 Å². The Kier molecular flexibility index (Phi) is 2.88. The van der Waals surface area contributed by atoms with Gasteiger partial charge in [-0.3, -0.25) is 0 Å². The van der Waals surface area contributed by atoms with Gasteiger partial charge in [0.25, 0.3) is 0 Å². The van der Waals surface area contributed by atoms with Crippen LogP contribution in [0, 0.1) is 0 Å². The molecule has 0 saturated carbocycles. The second-order valence-electron chi connectivity index (χ2n) is 5.69. The summed E-state index contributed by atoms with van der Waals surface area (Å²) in [6, 6.07) is 13.9. The molecule has 2 aromatic carbocycles. The Hall–Kier alpha value is -2.88. The van der Waals surface area contributed by atoms with Crippen molar-refractivity contribution in [2.24, 2.45) is 0 Å². The van der Waals surface area contributed by atoms with Gasteiger partial charge in [-0.25, -0.2) is 9.78 Å². The Morgan fingerprint density at radius 1 is 1.09 bits per heavy atom. The maximum atomic E-state index is 12.5. The molecule has 0 spiro atoms. The third-order valence-electron chi connectivity index (χ3n) is 4.55. The summed E-state index contributed by atoms with van der Waals surface area (Å²) in [5.74, 6) is -0.318. The van der Waals surface area contributed by atoms with Crippen molar-refractivity contribution in [1.82, 2.24) is 4.98 Å². The molecule has 1 aromatic heterocycles. The molecule has 23 heavy (non-hydrogen) atoms. The minimum absolute atomic E-state index is 0.318. The van der Waals surface area contributed by atoms with Crippen molar-refractivity contribution < 1.29 is 9.53 Å². The van der Waals surface area contributed by atoms with E-state index in [1.807, 2.05) is 55.3 Å². The summed E-state index contributed by atoms with van der Waals surface area (Å²) in [6.07, 6.45) is 0. The molecule has 3 aromatic rings. The van der Waals surface area contributed by atoms with Gasteiger partial charge >= 0.3 is 5.97 Å². The number of esters is 1. The van der Waals surface area contributed by atoms with Gasteiger partial charge in [0.05, 0.1) is 29.4 Å². The summed E-state index contributed by atoms with van der Waals surface area (Å²) < 4.78 is 5.06. The Morgan fingerprint density at radius 2 is 1.83 bits per heavy atom. The molecule has 0 unspecified atom stereocenters. The van der Waals surface area contributed by atoms with Gasteiger partial charge in [-0.2, -0.15) is 0 Å². The maximum absolute atomic E-state index is 12.5. The zero-order valence-corrected chi connectivity index (χ0v) is 13.3. The summed E-state index contributed by atoms with van der Waals surface area (Å²) in [5, 5.41) is 1.97. The first-order chi connectivity index (χ1) is 11.1. The number of allylic oxidation sites excluding steroid dienone is 1. The number of anilines is 1. The lowest BCUT2D eigenvalue weighted by Crippen LogP contribution is -2.23. The fourth-order valence-electron chi connectivity index (χ4n) is 3.34. The van der Waals surface area contributed by atoms with Crippen molar-refractivity contribution in [2.75, 3.05) is 19.1 Å². The van der Waals surface area contributed by atoms with Crippen LogP contribution in [-0.4, -0.2) is 25.1 Å². The van der Waals surface area contributed by atoms with Gasteiger partial charge in [0, 0.05) is 29.1 Å². The largest absolute Gasteiger partial charge is 0.465 e. The van der Waals surface area contributed by atoms with Crippen LogP contribution in [0.5, 0.6) is 0 Å². The van der Waals surface area contributed by atoms with E-state index in [4.69, 9.17) is 9.72 Å². The number of ether oxygens (including phenoxy) is 1. The SMILES string of the molecule is COC(=O)C1=C(C)N(C)c2cccc3nc4ccccc4c1c23. The number of benzene rings is 2. The van der Waals surface area contributed by atoms with Crippen molar-refractivity contribution in [3.05, 3.63) is 53.7 Å². The highest BCUT2D eigenvalue weighted by atomic mass is 16.5. The van der Waals surface area contributed by atoms with E-state index in [9.17, 15) is 4.79 Å². The number of aromatic nitrogens is 1. The Morgan fingerprint density at radius 3 is 2.61 bits per heavy atom. The quantitative estimate of drug-likeness (QED) is 0.507. The van der Waals surface area contributed by atoms with Crippen molar-refractivity contribution >= 4 is 39.0 Å². The summed E-state index contributed by atoms with van der Waals surface area (Å²) in [7, 11) is 3.38. The van der Waals surface area contributed by atoms with E-state index in [0.717, 1.165) is 38.8 Å². The van der Waals surface area contributed by atoms with Gasteiger partial charge in [-0.05, 0) is 25.1 Å². The van der Waals surface area contributed by atoms with Crippen molar-refractivity contribution in [2.45, 2.75) is 6.92 Å². The molecule has 1 aliphatic heterocycles. The third kappa shape index (κ3) is 1.78. The Balaban J connectivity index is 2.27. The number of methoxy groups -OCH3 is 1. The number of para-hydroxylation sites is 1. The Bertz CT molecular complexity index is 1000. The molecule has 2 heterocycles. The number of fused-ring (bicyclic) bond motifs is 2. The van der Waals surface area contributed by atoms with E-state index in [0.29, 0.717) is 5.57 Å². The van der Waals surface area contributed by atoms with E-state index in [2.05, 4.69) is 6.07 Å². The topological polar surface area (TPSA) is 42.4 Å². The predicted molar refractivity (Wildman–Crippen MR) is 92.3 cm³/mol. The molecule has 0 fully saturated rings. The van der Waals surface area contributed by atoms with Gasteiger partial charge in [0.2, 0.25) is 0 Å². The number of carbonyl (C=O) groups is 1. The first-order valence-electron chi connectivity index (χ1n) is 7.48. The smallest absolute Gasteiger partial charge is 0.340 e. The third-order valence-corrected chi connectivity index (χ3v) is 4.55. The number of carbonyl (C=O) groups excluding carboxylic acids is 1. The van der Waals surface area contributed by atoms with Crippen LogP contribution in [0.2, 0.25) is 0 Å². The molecule has 1 aliphatic rings. The van der Waals surface area contributed by atoms with Gasteiger partial charge < -0.3 is 9.64 Å². The fraction of sp³-hybridized carbons (Fsp3) is 0.158. The first-order valence-corrected chi connectivity index (χ1v) is 7.48. The minimum atomic E-state index is -0.318. The fourth-order valence-corrected chi connectivity index (χ4v) is 3.34. The van der Waals surface area contributed by atoms with E-state index in [1.165, 1.54) is 7.11 Å². The average Bonchev–Trinajstić information content (AvgIpc) is 2.58. The van der Waals surface area contributed by atoms with Crippen molar-refractivity contribution in [1.29, 1.82) is 0 Å². The van der Waals surface area contributed by atoms with E-state index in [1.54, 1.807) is 0 Å². The van der Waals surface area contributed by atoms with Crippen LogP contribution in [-0.2, 0) is 9.53 Å². The summed E-state index contributed by atoms with van der Waals surface area (Å²) in [6.45, 7) is 1.95. The second-order valence-corrected chi connectivity index (χ2v) is 5.69. The molecule has 114 valence electrons. The van der Waals surface area contributed by atoms with Crippen LogP contribution < -0.4 is 4.90 Å². The van der Waals surface area contributed by atoms with E-state index in [-0.39, 0.29) is 5.97 Å². The molecule has 0 radical (unpaired) electrons. The van der Waals surface area contributed by atoms with Gasteiger partial charge in [-0.15, -0.1) is 0 Å². The van der Waals surface area contributed by atoms with Crippen LogP contribution in [0.1, 0.15) is 12.5 Å². The normalized spacial score (nSPS) is 13.8. The van der Waals surface area contributed by atoms with Crippen molar-refractivity contribution in [3.8, 4) is 0 Å². The molecule has 4 rings (SSSR count). The first kappa shape index (κ1) is 13.8. The van der Waals surface area contributed by atoms with Crippen LogP contribution in [0.25, 0.3) is 27.4 Å². The molecule has 0 amide bonds. The van der Waals surface area contributed by atoms with E-state index >= 15 is 0 Å².